The van der Waals surface area contributed by atoms with Gasteiger partial charge in [0.2, 0.25) is 0 Å². The first kappa shape index (κ1) is 20.3. The lowest BCUT2D eigenvalue weighted by molar-refractivity contribution is 0.214. The molecule has 2 aromatic heterocycles. The topological polar surface area (TPSA) is 101 Å². The van der Waals surface area contributed by atoms with Crippen LogP contribution in [0.1, 0.15) is 6.92 Å². The van der Waals surface area contributed by atoms with E-state index in [2.05, 4.69) is 36.0 Å². The van der Waals surface area contributed by atoms with Gasteiger partial charge in [-0.3, -0.25) is 9.67 Å². The van der Waals surface area contributed by atoms with Crippen molar-refractivity contribution in [1.82, 2.24) is 30.4 Å². The van der Waals surface area contributed by atoms with Gasteiger partial charge in [0.25, 0.3) is 0 Å². The van der Waals surface area contributed by atoms with Gasteiger partial charge in [0.05, 0.1) is 18.1 Å². The number of ether oxygens (including phenoxy) is 1. The molecular weight excluding hydrogens is 375 g/mol. The maximum absolute atomic E-state index is 13.7. The van der Waals surface area contributed by atoms with Gasteiger partial charge in [0, 0.05) is 27.2 Å². The van der Waals surface area contributed by atoms with Crippen molar-refractivity contribution in [3.8, 4) is 5.75 Å². The van der Waals surface area contributed by atoms with E-state index in [1.807, 2.05) is 14.0 Å². The number of hydrogen-bond acceptors (Lipinski definition) is 6. The third-order valence-electron chi connectivity index (χ3n) is 4.18. The molecule has 0 spiro atoms. The van der Waals surface area contributed by atoms with Gasteiger partial charge in [-0.05, 0) is 19.1 Å². The van der Waals surface area contributed by atoms with Crippen molar-refractivity contribution in [2.75, 3.05) is 32.0 Å². The van der Waals surface area contributed by atoms with Gasteiger partial charge >= 0.3 is 0 Å². The number of guanidine groups is 1. The summed E-state index contributed by atoms with van der Waals surface area (Å²) in [5.74, 6) is 1.23. The average Bonchev–Trinajstić information content (AvgIpc) is 3.11. The first-order valence-electron chi connectivity index (χ1n) is 9.30. The van der Waals surface area contributed by atoms with E-state index in [0.29, 0.717) is 25.6 Å². The molecule has 0 aliphatic heterocycles. The van der Waals surface area contributed by atoms with Crippen molar-refractivity contribution in [3.05, 3.63) is 42.6 Å². The van der Waals surface area contributed by atoms with E-state index in [0.717, 1.165) is 16.9 Å². The molecule has 0 radical (unpaired) electrons. The van der Waals surface area contributed by atoms with Gasteiger partial charge in [-0.2, -0.15) is 5.10 Å². The second-order valence-electron chi connectivity index (χ2n) is 6.39. The van der Waals surface area contributed by atoms with Crippen LogP contribution in [0, 0.1) is 5.82 Å². The number of halogens is 1. The van der Waals surface area contributed by atoms with Crippen molar-refractivity contribution in [3.63, 3.8) is 0 Å². The molecule has 9 nitrogen and oxygen atoms in total. The van der Waals surface area contributed by atoms with Gasteiger partial charge in [0.15, 0.2) is 23.2 Å². The lowest BCUT2D eigenvalue weighted by Crippen LogP contribution is -2.43. The van der Waals surface area contributed by atoms with Gasteiger partial charge in [-0.1, -0.05) is 12.1 Å². The highest BCUT2D eigenvalue weighted by atomic mass is 19.1. The summed E-state index contributed by atoms with van der Waals surface area (Å²) < 4.78 is 21.0. The summed E-state index contributed by atoms with van der Waals surface area (Å²) >= 11 is 0. The minimum absolute atomic E-state index is 0.233. The molecule has 1 unspecified atom stereocenters. The summed E-state index contributed by atoms with van der Waals surface area (Å²) in [4.78, 5) is 12.7. The molecule has 29 heavy (non-hydrogen) atoms. The fraction of sp³-hybridized carbons (Fsp3) is 0.368. The number of benzene rings is 1. The van der Waals surface area contributed by atoms with Crippen LogP contribution < -0.4 is 20.7 Å². The molecular formula is C19H25FN8O. The van der Waals surface area contributed by atoms with Gasteiger partial charge in [-0.15, -0.1) is 0 Å². The first-order valence-corrected chi connectivity index (χ1v) is 9.30. The van der Waals surface area contributed by atoms with E-state index in [1.165, 1.54) is 12.4 Å². The van der Waals surface area contributed by atoms with E-state index in [1.54, 1.807) is 36.1 Å². The van der Waals surface area contributed by atoms with E-state index in [9.17, 15) is 4.39 Å². The summed E-state index contributed by atoms with van der Waals surface area (Å²) in [7, 11) is 3.53. The van der Waals surface area contributed by atoms with E-state index in [4.69, 9.17) is 4.74 Å². The molecule has 0 amide bonds. The molecule has 10 heteroatoms. The highest BCUT2D eigenvalue weighted by Crippen LogP contribution is 2.17. The number of fused-ring (bicyclic) bond motifs is 1. The van der Waals surface area contributed by atoms with Crippen molar-refractivity contribution in [1.29, 1.82) is 0 Å². The molecule has 2 heterocycles. The average molecular weight is 400 g/mol. The van der Waals surface area contributed by atoms with Crippen molar-refractivity contribution >= 4 is 22.8 Å². The molecule has 0 aliphatic rings. The van der Waals surface area contributed by atoms with Crippen LogP contribution in [0.5, 0.6) is 5.75 Å². The zero-order chi connectivity index (χ0) is 20.6. The Bertz CT molecular complexity index is 974. The maximum Gasteiger partial charge on any atom is 0.191 e. The molecule has 0 saturated carbocycles. The van der Waals surface area contributed by atoms with Gasteiger partial charge in [0.1, 0.15) is 18.2 Å². The number of nitrogens with zero attached hydrogens (tertiary/aromatic N) is 5. The highest BCUT2D eigenvalue weighted by molar-refractivity contribution is 5.86. The lowest BCUT2D eigenvalue weighted by atomic mass is 10.3. The fourth-order valence-electron chi connectivity index (χ4n) is 2.72. The molecule has 3 N–H and O–H groups in total. The number of hydrogen-bond donors (Lipinski definition) is 3. The minimum Gasteiger partial charge on any atom is -0.486 e. The highest BCUT2D eigenvalue weighted by Gasteiger charge is 2.09. The quantitative estimate of drug-likeness (QED) is 0.300. The fourth-order valence-corrected chi connectivity index (χ4v) is 2.72. The number of aromatic nitrogens is 4. The van der Waals surface area contributed by atoms with Crippen LogP contribution in [0.2, 0.25) is 0 Å². The van der Waals surface area contributed by atoms with Gasteiger partial charge in [-0.25, -0.2) is 14.4 Å². The number of rotatable bonds is 8. The number of nitrogens with one attached hydrogen (secondary N) is 3. The molecule has 154 valence electrons. The Morgan fingerprint density at radius 3 is 2.86 bits per heavy atom. The molecule has 0 saturated heterocycles. The summed E-state index contributed by atoms with van der Waals surface area (Å²) in [6, 6.07) is 6.35. The SMILES string of the molecule is CN=C(NCCNc1ncnc2c1cnn2C)NCC(C)Oc1ccccc1F. The van der Waals surface area contributed by atoms with Crippen molar-refractivity contribution in [2.45, 2.75) is 13.0 Å². The Kier molecular flexibility index (Phi) is 6.77. The molecule has 0 aliphatic carbocycles. The first-order chi connectivity index (χ1) is 14.1. The van der Waals surface area contributed by atoms with Gasteiger partial charge < -0.3 is 20.7 Å². The van der Waals surface area contributed by atoms with Crippen LogP contribution in [0.4, 0.5) is 10.2 Å². The largest absolute Gasteiger partial charge is 0.486 e. The molecule has 3 rings (SSSR count). The van der Waals surface area contributed by atoms with Crippen molar-refractivity contribution < 1.29 is 9.13 Å². The number of aliphatic imine (C=N–C) groups is 1. The Morgan fingerprint density at radius 2 is 2.07 bits per heavy atom. The smallest absolute Gasteiger partial charge is 0.191 e. The minimum atomic E-state index is -0.375. The Morgan fingerprint density at radius 1 is 1.24 bits per heavy atom. The van der Waals surface area contributed by atoms with E-state index >= 15 is 0 Å². The Labute approximate surface area is 168 Å². The zero-order valence-electron chi connectivity index (χ0n) is 16.7. The number of para-hydroxylation sites is 1. The standard InChI is InChI=1S/C19H25FN8O/c1-13(29-16-7-5-4-6-15(16)20)10-24-19(21-2)23-9-8-22-17-14-11-27-28(3)18(14)26-12-25-17/h4-7,11-13H,8-10H2,1-3H3,(H2,21,23,24)(H,22,25,26). The number of aryl methyl sites for hydroxylation is 1. The summed E-state index contributed by atoms with van der Waals surface area (Å²) in [5, 5.41) is 14.7. The molecule has 1 atom stereocenters. The summed E-state index contributed by atoms with van der Waals surface area (Å²) in [6.07, 6.45) is 3.02. The second kappa shape index (κ2) is 9.67. The third-order valence-corrected chi connectivity index (χ3v) is 4.18. The van der Waals surface area contributed by atoms with Crippen LogP contribution in [-0.4, -0.2) is 58.5 Å². The Hall–Kier alpha value is -3.43. The van der Waals surface area contributed by atoms with Crippen LogP contribution >= 0.6 is 0 Å². The van der Waals surface area contributed by atoms with E-state index < -0.39 is 0 Å². The summed E-state index contributed by atoms with van der Waals surface area (Å²) in [6.45, 7) is 3.59. The lowest BCUT2D eigenvalue weighted by Gasteiger charge is -2.18. The van der Waals surface area contributed by atoms with Crippen molar-refractivity contribution in [2.24, 2.45) is 12.0 Å². The zero-order valence-corrected chi connectivity index (χ0v) is 16.7. The summed E-state index contributed by atoms with van der Waals surface area (Å²) in [5.41, 5.74) is 0.775. The monoisotopic (exact) mass is 400 g/mol. The second-order valence-corrected chi connectivity index (χ2v) is 6.39. The van der Waals surface area contributed by atoms with Crippen LogP contribution in [0.15, 0.2) is 41.8 Å². The molecule has 0 bridgehead atoms. The van der Waals surface area contributed by atoms with Crippen LogP contribution in [-0.2, 0) is 7.05 Å². The third kappa shape index (κ3) is 5.31. The van der Waals surface area contributed by atoms with E-state index in [-0.39, 0.29) is 17.7 Å². The Balaban J connectivity index is 1.42. The molecule has 1 aromatic carbocycles. The maximum atomic E-state index is 13.7. The normalized spacial score (nSPS) is 12.6. The molecule has 3 aromatic rings. The number of anilines is 1. The predicted octanol–water partition coefficient (Wildman–Crippen LogP) is 1.55. The predicted molar refractivity (Wildman–Crippen MR) is 111 cm³/mol. The van der Waals surface area contributed by atoms with Crippen LogP contribution in [0.25, 0.3) is 11.0 Å². The van der Waals surface area contributed by atoms with Crippen LogP contribution in [0.3, 0.4) is 0 Å². The molecule has 0 fully saturated rings.